The van der Waals surface area contributed by atoms with E-state index < -0.39 is 5.97 Å². The van der Waals surface area contributed by atoms with Crippen molar-refractivity contribution < 1.29 is 19.1 Å². The van der Waals surface area contributed by atoms with Crippen LogP contribution in [0.5, 0.6) is 5.75 Å². The molecule has 10 heteroatoms. The van der Waals surface area contributed by atoms with Crippen molar-refractivity contribution in [2.24, 2.45) is 7.05 Å². The van der Waals surface area contributed by atoms with Crippen molar-refractivity contribution in [3.63, 3.8) is 0 Å². The highest BCUT2D eigenvalue weighted by Crippen LogP contribution is 2.38. The molecule has 0 atom stereocenters. The number of nitrogens with one attached hydrogen (secondary N) is 1. The molecule has 0 saturated carbocycles. The zero-order valence-electron chi connectivity index (χ0n) is 20.5. The minimum Gasteiger partial charge on any atom is -0.485 e. The van der Waals surface area contributed by atoms with E-state index in [0.29, 0.717) is 21.5 Å². The van der Waals surface area contributed by atoms with Crippen LogP contribution in [0.1, 0.15) is 57.0 Å². The molecule has 1 amide bonds. The van der Waals surface area contributed by atoms with Gasteiger partial charge in [0, 0.05) is 11.9 Å². The number of thioether (sulfide) groups is 1. The quantitative estimate of drug-likeness (QED) is 0.261. The van der Waals surface area contributed by atoms with Crippen LogP contribution in [-0.4, -0.2) is 39.5 Å². The van der Waals surface area contributed by atoms with E-state index in [-0.39, 0.29) is 18.3 Å². The van der Waals surface area contributed by atoms with Gasteiger partial charge in [0.05, 0.1) is 18.4 Å². The van der Waals surface area contributed by atoms with Gasteiger partial charge in [-0.15, -0.1) is 21.5 Å². The average molecular weight is 515 g/mol. The topological polar surface area (TPSA) is 95.3 Å². The van der Waals surface area contributed by atoms with Crippen molar-refractivity contribution in [2.45, 2.75) is 57.7 Å². The number of benzene rings is 1. The van der Waals surface area contributed by atoms with Gasteiger partial charge in [0.2, 0.25) is 5.91 Å². The smallest absolute Gasteiger partial charge is 0.341 e. The van der Waals surface area contributed by atoms with Crippen LogP contribution >= 0.6 is 23.1 Å². The third kappa shape index (κ3) is 5.87. The van der Waals surface area contributed by atoms with Gasteiger partial charge in [0.25, 0.3) is 0 Å². The molecule has 2 heterocycles. The summed E-state index contributed by atoms with van der Waals surface area (Å²) in [7, 11) is 3.23. The minimum atomic E-state index is -0.394. The Bertz CT molecular complexity index is 1230. The second-order valence-corrected chi connectivity index (χ2v) is 10.7. The number of rotatable bonds is 8. The predicted octanol–water partition coefficient (Wildman–Crippen LogP) is 4.86. The number of esters is 1. The van der Waals surface area contributed by atoms with Crippen molar-refractivity contribution in [1.29, 1.82) is 0 Å². The Morgan fingerprint density at radius 3 is 2.74 bits per heavy atom. The van der Waals surface area contributed by atoms with Gasteiger partial charge in [0.1, 0.15) is 17.4 Å². The fourth-order valence-electron chi connectivity index (χ4n) is 4.14. The molecule has 4 rings (SSSR count). The second kappa shape index (κ2) is 11.3. The van der Waals surface area contributed by atoms with Crippen LogP contribution in [0.2, 0.25) is 0 Å². The highest BCUT2D eigenvalue weighted by atomic mass is 32.2. The maximum Gasteiger partial charge on any atom is 0.341 e. The summed E-state index contributed by atoms with van der Waals surface area (Å²) in [6.45, 7) is 4.34. The normalized spacial score (nSPS) is 13.1. The van der Waals surface area contributed by atoms with Crippen LogP contribution in [-0.2, 0) is 36.0 Å². The SMILES string of the molecule is COC(=O)c1c(NC(=O)CSc2nnc(COc3ccc(C)cc3C)n2C)sc2c1CCCCC2. The lowest BCUT2D eigenvalue weighted by molar-refractivity contribution is -0.113. The number of methoxy groups -OCH3 is 1. The van der Waals surface area contributed by atoms with Crippen molar-refractivity contribution in [3.05, 3.63) is 51.2 Å². The number of ether oxygens (including phenoxy) is 2. The summed E-state index contributed by atoms with van der Waals surface area (Å²) in [5.74, 6) is 1.03. The molecule has 2 aromatic heterocycles. The first-order valence-electron chi connectivity index (χ1n) is 11.6. The van der Waals surface area contributed by atoms with Gasteiger partial charge in [-0.25, -0.2) is 4.79 Å². The minimum absolute atomic E-state index is 0.146. The molecule has 0 radical (unpaired) electrons. The zero-order chi connectivity index (χ0) is 24.9. The third-order valence-corrected chi connectivity index (χ3v) is 8.24. The standard InChI is InChI=1S/C25H30N4O4S2/c1-15-10-11-18(16(2)12-15)33-13-20-27-28-25(29(20)3)34-14-21(30)26-23-22(24(31)32-4)17-8-6-5-7-9-19(17)35-23/h10-12H,5-9,13-14H2,1-4H3,(H,26,30). The molecule has 35 heavy (non-hydrogen) atoms. The van der Waals surface area contributed by atoms with Crippen LogP contribution in [0.25, 0.3) is 0 Å². The van der Waals surface area contributed by atoms with E-state index in [4.69, 9.17) is 9.47 Å². The number of aryl methyl sites for hydroxylation is 3. The number of carbonyl (C=O) groups is 2. The van der Waals surface area contributed by atoms with Crippen molar-refractivity contribution in [1.82, 2.24) is 14.8 Å². The summed E-state index contributed by atoms with van der Waals surface area (Å²) in [4.78, 5) is 26.4. The molecule has 1 aliphatic rings. The zero-order valence-corrected chi connectivity index (χ0v) is 22.1. The molecule has 0 spiro atoms. The van der Waals surface area contributed by atoms with E-state index in [2.05, 4.69) is 21.6 Å². The number of aromatic nitrogens is 3. The predicted molar refractivity (Wildman–Crippen MR) is 138 cm³/mol. The number of anilines is 1. The molecule has 186 valence electrons. The lowest BCUT2D eigenvalue weighted by Gasteiger charge is -2.10. The Kier molecular flexibility index (Phi) is 8.12. The van der Waals surface area contributed by atoms with Crippen LogP contribution in [0.3, 0.4) is 0 Å². The van der Waals surface area contributed by atoms with E-state index in [1.54, 1.807) is 0 Å². The maximum absolute atomic E-state index is 12.8. The summed E-state index contributed by atoms with van der Waals surface area (Å²) in [5.41, 5.74) is 3.79. The summed E-state index contributed by atoms with van der Waals surface area (Å²) in [6, 6.07) is 6.03. The Balaban J connectivity index is 1.38. The number of thiophene rings is 1. The van der Waals surface area contributed by atoms with Gasteiger partial charge in [-0.1, -0.05) is 35.9 Å². The van der Waals surface area contributed by atoms with E-state index >= 15 is 0 Å². The Morgan fingerprint density at radius 1 is 1.17 bits per heavy atom. The Labute approximate surface area is 213 Å². The molecule has 0 unspecified atom stereocenters. The number of amides is 1. The molecule has 1 N–H and O–H groups in total. The van der Waals surface area contributed by atoms with Crippen LogP contribution in [0, 0.1) is 13.8 Å². The van der Waals surface area contributed by atoms with E-state index in [9.17, 15) is 9.59 Å². The second-order valence-electron chi connectivity index (χ2n) is 8.61. The first kappa shape index (κ1) is 25.2. The lowest BCUT2D eigenvalue weighted by atomic mass is 10.1. The molecular weight excluding hydrogens is 484 g/mol. The monoisotopic (exact) mass is 514 g/mol. The summed E-state index contributed by atoms with van der Waals surface area (Å²) in [5, 5.41) is 12.6. The molecule has 0 bridgehead atoms. The van der Waals surface area contributed by atoms with Crippen molar-refractivity contribution >= 4 is 40.0 Å². The largest absolute Gasteiger partial charge is 0.485 e. The summed E-state index contributed by atoms with van der Waals surface area (Å²) in [6.07, 6.45) is 5.06. The first-order valence-corrected chi connectivity index (χ1v) is 13.4. The van der Waals surface area contributed by atoms with Crippen molar-refractivity contribution in [3.8, 4) is 5.75 Å². The van der Waals surface area contributed by atoms with E-state index in [1.165, 1.54) is 40.6 Å². The van der Waals surface area contributed by atoms with Crippen LogP contribution < -0.4 is 10.1 Å². The van der Waals surface area contributed by atoms with Crippen LogP contribution in [0.15, 0.2) is 23.4 Å². The van der Waals surface area contributed by atoms with E-state index in [1.807, 2.05) is 37.6 Å². The molecule has 0 fully saturated rings. The number of hydrogen-bond donors (Lipinski definition) is 1. The first-order chi connectivity index (χ1) is 16.9. The highest BCUT2D eigenvalue weighted by molar-refractivity contribution is 7.99. The maximum atomic E-state index is 12.8. The fourth-order valence-corrected chi connectivity index (χ4v) is 6.17. The molecule has 1 aromatic carbocycles. The fraction of sp³-hybridized carbons (Fsp3) is 0.440. The number of nitrogens with zero attached hydrogens (tertiary/aromatic N) is 3. The lowest BCUT2D eigenvalue weighted by Crippen LogP contribution is -2.16. The molecule has 0 aliphatic heterocycles. The number of fused-ring (bicyclic) bond motifs is 1. The molecule has 3 aromatic rings. The summed E-state index contributed by atoms with van der Waals surface area (Å²) >= 11 is 2.78. The molecule has 1 aliphatic carbocycles. The van der Waals surface area contributed by atoms with Gasteiger partial charge in [0.15, 0.2) is 11.0 Å². The number of hydrogen-bond acceptors (Lipinski definition) is 8. The summed E-state index contributed by atoms with van der Waals surface area (Å²) < 4.78 is 12.8. The Hall–Kier alpha value is -2.85. The third-order valence-electron chi connectivity index (χ3n) is 6.01. The van der Waals surface area contributed by atoms with Crippen LogP contribution in [0.4, 0.5) is 5.00 Å². The van der Waals surface area contributed by atoms with E-state index in [0.717, 1.165) is 49.0 Å². The van der Waals surface area contributed by atoms with Gasteiger partial charge < -0.3 is 19.4 Å². The molecule has 8 nitrogen and oxygen atoms in total. The van der Waals surface area contributed by atoms with Gasteiger partial charge in [-0.3, -0.25) is 4.79 Å². The van der Waals surface area contributed by atoms with Gasteiger partial charge >= 0.3 is 5.97 Å². The Morgan fingerprint density at radius 2 is 1.97 bits per heavy atom. The average Bonchev–Trinajstić information content (AvgIpc) is 3.26. The van der Waals surface area contributed by atoms with Gasteiger partial charge in [-0.05, 0) is 56.7 Å². The van der Waals surface area contributed by atoms with Crippen molar-refractivity contribution in [2.75, 3.05) is 18.2 Å². The molecule has 0 saturated heterocycles. The van der Waals surface area contributed by atoms with Gasteiger partial charge in [-0.2, -0.15) is 0 Å². The molecular formula is C25H30N4O4S2. The number of carbonyl (C=O) groups excluding carboxylic acids is 2. The highest BCUT2D eigenvalue weighted by Gasteiger charge is 2.26.